The first kappa shape index (κ1) is 16.6. The summed E-state index contributed by atoms with van der Waals surface area (Å²) in [6.45, 7) is 0.662. The van der Waals surface area contributed by atoms with Crippen LogP contribution in [0.1, 0.15) is 24.4 Å². The van der Waals surface area contributed by atoms with E-state index in [4.69, 9.17) is 21.6 Å². The van der Waals surface area contributed by atoms with Gasteiger partial charge in [-0.15, -0.1) is 11.8 Å². The molecular formula is C17H19ClN2O2S. The summed E-state index contributed by atoms with van der Waals surface area (Å²) in [5, 5.41) is 9.45. The Kier molecular flexibility index (Phi) is 5.47. The molecule has 6 heteroatoms. The van der Waals surface area contributed by atoms with Gasteiger partial charge in [0.25, 0.3) is 0 Å². The van der Waals surface area contributed by atoms with Crippen LogP contribution in [-0.4, -0.2) is 41.6 Å². The average Bonchev–Trinajstić information content (AvgIpc) is 3.38. The highest BCUT2D eigenvalue weighted by atomic mass is 35.5. The van der Waals surface area contributed by atoms with Gasteiger partial charge < -0.3 is 9.64 Å². The number of nitriles is 1. The minimum atomic E-state index is -0.0678. The molecule has 0 N–H and O–H groups in total. The number of nitrogens with zero attached hydrogens (tertiary/aromatic N) is 2. The molecule has 2 aliphatic rings. The zero-order chi connectivity index (χ0) is 16.2. The molecule has 1 aliphatic heterocycles. The lowest BCUT2D eigenvalue weighted by Gasteiger charge is -2.41. The van der Waals surface area contributed by atoms with E-state index in [9.17, 15) is 4.79 Å². The largest absolute Gasteiger partial charge is 0.369 e. The second-order valence-corrected chi connectivity index (χ2v) is 7.43. The first-order valence-corrected chi connectivity index (χ1v) is 9.33. The molecule has 2 unspecified atom stereocenters. The minimum absolute atomic E-state index is 0.0469. The Labute approximate surface area is 145 Å². The molecular weight excluding hydrogens is 332 g/mol. The minimum Gasteiger partial charge on any atom is -0.369 e. The van der Waals surface area contributed by atoms with Gasteiger partial charge in [0.1, 0.15) is 6.61 Å². The van der Waals surface area contributed by atoms with Gasteiger partial charge in [-0.25, -0.2) is 0 Å². The number of rotatable bonds is 6. The highest BCUT2D eigenvalue weighted by Gasteiger charge is 2.42. The lowest BCUT2D eigenvalue weighted by molar-refractivity contribution is -0.152. The first-order chi connectivity index (χ1) is 11.2. The predicted octanol–water partition coefficient (Wildman–Crippen LogP) is 3.28. The van der Waals surface area contributed by atoms with Crippen molar-refractivity contribution in [3.05, 3.63) is 34.9 Å². The van der Waals surface area contributed by atoms with E-state index in [1.807, 2.05) is 29.2 Å². The third-order valence-corrected chi connectivity index (χ3v) is 5.52. The molecule has 3 rings (SSSR count). The van der Waals surface area contributed by atoms with E-state index < -0.39 is 0 Å². The Bertz CT molecular complexity index is 598. The van der Waals surface area contributed by atoms with Crippen LogP contribution in [0.5, 0.6) is 0 Å². The maximum absolute atomic E-state index is 12.6. The fraction of sp³-hybridized carbons (Fsp3) is 0.529. The summed E-state index contributed by atoms with van der Waals surface area (Å²) in [4.78, 5) is 14.6. The topological polar surface area (TPSA) is 53.3 Å². The van der Waals surface area contributed by atoms with Crippen LogP contribution in [0.3, 0.4) is 0 Å². The molecule has 4 nitrogen and oxygen atoms in total. The molecule has 2 atom stereocenters. The molecule has 2 fully saturated rings. The molecule has 1 heterocycles. The monoisotopic (exact) mass is 350 g/mol. The standard InChI is InChI=1S/C17H19ClN2O2S/c18-14-5-3-12(4-6-14)15-9-22-10-17(21)20(15)16(13-1-2-13)11-23-8-7-19/h3-6,13,15-16H,1-2,8-11H2. The normalized spacial score (nSPS) is 22.7. The van der Waals surface area contributed by atoms with Crippen LogP contribution in [-0.2, 0) is 9.53 Å². The van der Waals surface area contributed by atoms with Gasteiger partial charge in [-0.1, -0.05) is 23.7 Å². The predicted molar refractivity (Wildman–Crippen MR) is 91.3 cm³/mol. The molecule has 0 aromatic heterocycles. The third-order valence-electron chi connectivity index (χ3n) is 4.36. The first-order valence-electron chi connectivity index (χ1n) is 7.79. The fourth-order valence-electron chi connectivity index (χ4n) is 3.09. The number of benzene rings is 1. The van der Waals surface area contributed by atoms with Gasteiger partial charge in [0.15, 0.2) is 0 Å². The summed E-state index contributed by atoms with van der Waals surface area (Å²) in [5.74, 6) is 1.88. The second kappa shape index (κ2) is 7.57. The van der Waals surface area contributed by atoms with Gasteiger partial charge in [0.2, 0.25) is 5.91 Å². The molecule has 1 aromatic rings. The van der Waals surface area contributed by atoms with Gasteiger partial charge in [0, 0.05) is 16.8 Å². The van der Waals surface area contributed by atoms with E-state index in [0.29, 0.717) is 23.3 Å². The lowest BCUT2D eigenvalue weighted by atomic mass is 10.0. The van der Waals surface area contributed by atoms with E-state index in [0.717, 1.165) is 24.2 Å². The van der Waals surface area contributed by atoms with E-state index in [1.165, 1.54) is 0 Å². The summed E-state index contributed by atoms with van der Waals surface area (Å²) in [6.07, 6.45) is 2.32. The molecule has 1 aliphatic carbocycles. The molecule has 23 heavy (non-hydrogen) atoms. The molecule has 1 aromatic carbocycles. The van der Waals surface area contributed by atoms with Crippen molar-refractivity contribution in [3.63, 3.8) is 0 Å². The van der Waals surface area contributed by atoms with E-state index in [-0.39, 0.29) is 24.6 Å². The third kappa shape index (κ3) is 4.00. The summed E-state index contributed by atoms with van der Waals surface area (Å²) in [6, 6.07) is 9.92. The number of amides is 1. The molecule has 0 radical (unpaired) electrons. The Balaban J connectivity index is 1.82. The summed E-state index contributed by atoms with van der Waals surface area (Å²) < 4.78 is 5.50. The quantitative estimate of drug-likeness (QED) is 0.739. The van der Waals surface area contributed by atoms with E-state index in [2.05, 4.69) is 6.07 Å². The van der Waals surface area contributed by atoms with Gasteiger partial charge in [-0.3, -0.25) is 4.79 Å². The summed E-state index contributed by atoms with van der Waals surface area (Å²) in [7, 11) is 0. The summed E-state index contributed by atoms with van der Waals surface area (Å²) >= 11 is 7.59. The van der Waals surface area contributed by atoms with Crippen molar-refractivity contribution in [2.24, 2.45) is 5.92 Å². The fourth-order valence-corrected chi connectivity index (χ4v) is 4.10. The number of ether oxygens (including phenoxy) is 1. The van der Waals surface area contributed by atoms with Gasteiger partial charge in [-0.2, -0.15) is 5.26 Å². The van der Waals surface area contributed by atoms with Crippen LogP contribution in [0.4, 0.5) is 0 Å². The molecule has 122 valence electrons. The van der Waals surface area contributed by atoms with Crippen LogP contribution in [0.15, 0.2) is 24.3 Å². The number of hydrogen-bond acceptors (Lipinski definition) is 4. The Morgan fingerprint density at radius 1 is 1.39 bits per heavy atom. The number of thioether (sulfide) groups is 1. The van der Waals surface area contributed by atoms with Crippen molar-refractivity contribution in [2.45, 2.75) is 24.9 Å². The maximum atomic E-state index is 12.6. The number of morpholine rings is 1. The molecule has 0 spiro atoms. The Morgan fingerprint density at radius 3 is 2.78 bits per heavy atom. The SMILES string of the molecule is N#CCSCC(C1CC1)N1C(=O)COCC1c1ccc(Cl)cc1. The van der Waals surface area contributed by atoms with Crippen molar-refractivity contribution in [1.82, 2.24) is 4.90 Å². The lowest BCUT2D eigenvalue weighted by Crippen LogP contribution is -2.51. The van der Waals surface area contributed by atoms with Crippen molar-refractivity contribution in [1.29, 1.82) is 5.26 Å². The van der Waals surface area contributed by atoms with Crippen molar-refractivity contribution in [2.75, 3.05) is 24.7 Å². The number of carbonyl (C=O) groups excluding carboxylic acids is 1. The van der Waals surface area contributed by atoms with Crippen molar-refractivity contribution in [3.8, 4) is 6.07 Å². The highest BCUT2D eigenvalue weighted by Crippen LogP contribution is 2.41. The van der Waals surface area contributed by atoms with Gasteiger partial charge in [-0.05, 0) is 36.5 Å². The van der Waals surface area contributed by atoms with Crippen molar-refractivity contribution >= 4 is 29.3 Å². The van der Waals surface area contributed by atoms with Gasteiger partial charge >= 0.3 is 0 Å². The summed E-state index contributed by atoms with van der Waals surface area (Å²) in [5.41, 5.74) is 1.05. The smallest absolute Gasteiger partial charge is 0.249 e. The Hall–Kier alpha value is -1.22. The number of halogens is 1. The number of hydrogen-bond donors (Lipinski definition) is 0. The molecule has 1 saturated heterocycles. The van der Waals surface area contributed by atoms with Gasteiger partial charge in [0.05, 0.1) is 24.5 Å². The van der Waals surface area contributed by atoms with Crippen LogP contribution >= 0.6 is 23.4 Å². The van der Waals surface area contributed by atoms with Crippen LogP contribution in [0, 0.1) is 17.2 Å². The number of carbonyl (C=O) groups is 1. The van der Waals surface area contributed by atoms with Crippen LogP contribution < -0.4 is 0 Å². The van der Waals surface area contributed by atoms with E-state index >= 15 is 0 Å². The highest BCUT2D eigenvalue weighted by molar-refractivity contribution is 7.99. The average molecular weight is 351 g/mol. The van der Waals surface area contributed by atoms with Crippen molar-refractivity contribution < 1.29 is 9.53 Å². The van der Waals surface area contributed by atoms with E-state index in [1.54, 1.807) is 11.8 Å². The zero-order valence-electron chi connectivity index (χ0n) is 12.8. The molecule has 0 bridgehead atoms. The molecule has 1 saturated carbocycles. The second-order valence-electron chi connectivity index (χ2n) is 5.96. The molecule has 1 amide bonds. The van der Waals surface area contributed by atoms with Crippen LogP contribution in [0.2, 0.25) is 5.02 Å². The van der Waals surface area contributed by atoms with Crippen LogP contribution in [0.25, 0.3) is 0 Å². The maximum Gasteiger partial charge on any atom is 0.249 e. The Morgan fingerprint density at radius 2 is 2.13 bits per heavy atom. The zero-order valence-corrected chi connectivity index (χ0v) is 14.4.